The molecule has 1 aromatic rings. The molecule has 0 unspecified atom stereocenters. The minimum Gasteiger partial charge on any atom is -0.492 e. The summed E-state index contributed by atoms with van der Waals surface area (Å²) in [5.74, 6) is 0.934. The molecule has 84 valence electrons. The summed E-state index contributed by atoms with van der Waals surface area (Å²) in [5, 5.41) is 3.12. The van der Waals surface area contributed by atoms with Gasteiger partial charge in [0, 0.05) is 6.54 Å². The Morgan fingerprint density at radius 3 is 2.80 bits per heavy atom. The van der Waals surface area contributed by atoms with Crippen LogP contribution in [0.3, 0.4) is 0 Å². The number of halogens is 1. The molecule has 0 spiro atoms. The fourth-order valence-electron chi connectivity index (χ4n) is 1.30. The zero-order valence-electron chi connectivity index (χ0n) is 9.35. The molecule has 0 heterocycles. The highest BCUT2D eigenvalue weighted by Crippen LogP contribution is 2.26. The minimum atomic E-state index is 0.792. The lowest BCUT2D eigenvalue weighted by Crippen LogP contribution is -2.05. The molecule has 0 aliphatic rings. The molecule has 0 bridgehead atoms. The topological polar surface area (TPSA) is 21.3 Å². The van der Waals surface area contributed by atoms with Crippen LogP contribution < -0.4 is 10.1 Å². The quantitative estimate of drug-likeness (QED) is 0.802. The molecule has 0 atom stereocenters. The highest BCUT2D eigenvalue weighted by atomic mass is 79.9. The van der Waals surface area contributed by atoms with Gasteiger partial charge in [-0.05, 0) is 47.1 Å². The van der Waals surface area contributed by atoms with Gasteiger partial charge in [0.1, 0.15) is 5.75 Å². The van der Waals surface area contributed by atoms with Crippen LogP contribution in [0.1, 0.15) is 25.3 Å². The normalized spacial score (nSPS) is 10.3. The molecule has 1 rings (SSSR count). The third-order valence-corrected chi connectivity index (χ3v) is 2.75. The van der Waals surface area contributed by atoms with Gasteiger partial charge in [-0.1, -0.05) is 19.4 Å². The lowest BCUT2D eigenvalue weighted by atomic mass is 10.2. The Morgan fingerprint density at radius 1 is 1.40 bits per heavy atom. The zero-order valence-corrected chi connectivity index (χ0v) is 10.9. The van der Waals surface area contributed by atoms with E-state index in [1.54, 1.807) is 0 Å². The van der Waals surface area contributed by atoms with Gasteiger partial charge < -0.3 is 10.1 Å². The van der Waals surface area contributed by atoms with E-state index in [1.165, 1.54) is 5.56 Å². The molecule has 0 fully saturated rings. The molecule has 0 aromatic heterocycles. The summed E-state index contributed by atoms with van der Waals surface area (Å²) >= 11 is 3.52. The fourth-order valence-corrected chi connectivity index (χ4v) is 1.84. The van der Waals surface area contributed by atoms with Crippen LogP contribution in [0.4, 0.5) is 0 Å². The van der Waals surface area contributed by atoms with Crippen LogP contribution in [0.2, 0.25) is 0 Å². The molecule has 0 saturated carbocycles. The van der Waals surface area contributed by atoms with Gasteiger partial charge in [-0.15, -0.1) is 0 Å². The van der Waals surface area contributed by atoms with Crippen molar-refractivity contribution < 1.29 is 4.74 Å². The van der Waals surface area contributed by atoms with Crippen LogP contribution >= 0.6 is 15.9 Å². The third-order valence-electron chi connectivity index (χ3n) is 2.13. The molecule has 1 N–H and O–H groups in total. The Hall–Kier alpha value is -0.540. The predicted molar refractivity (Wildman–Crippen MR) is 67.3 cm³/mol. The SMILES string of the molecule is CCCCOc1ccc(CNC)cc1Br. The van der Waals surface area contributed by atoms with Gasteiger partial charge in [0.2, 0.25) is 0 Å². The zero-order chi connectivity index (χ0) is 11.1. The van der Waals surface area contributed by atoms with Crippen molar-refractivity contribution in [3.8, 4) is 5.75 Å². The molecule has 0 aliphatic heterocycles. The van der Waals surface area contributed by atoms with Gasteiger partial charge in [-0.2, -0.15) is 0 Å². The van der Waals surface area contributed by atoms with Gasteiger partial charge in [-0.25, -0.2) is 0 Å². The van der Waals surface area contributed by atoms with Gasteiger partial charge >= 0.3 is 0 Å². The molecule has 0 amide bonds. The van der Waals surface area contributed by atoms with E-state index in [0.717, 1.165) is 36.2 Å². The summed E-state index contributed by atoms with van der Waals surface area (Å²) in [6.07, 6.45) is 2.26. The first-order valence-corrected chi connectivity index (χ1v) is 6.13. The average Bonchev–Trinajstić information content (AvgIpc) is 2.22. The van der Waals surface area contributed by atoms with Gasteiger partial charge in [0.05, 0.1) is 11.1 Å². The molecule has 15 heavy (non-hydrogen) atoms. The molecular weight excluding hydrogens is 254 g/mol. The fraction of sp³-hybridized carbons (Fsp3) is 0.500. The predicted octanol–water partition coefficient (Wildman–Crippen LogP) is 3.35. The molecule has 0 saturated heterocycles. The third kappa shape index (κ3) is 4.22. The second-order valence-corrected chi connectivity index (χ2v) is 4.35. The van der Waals surface area contributed by atoms with Crippen LogP contribution in [0.5, 0.6) is 5.75 Å². The van der Waals surface area contributed by atoms with Crippen molar-refractivity contribution in [1.82, 2.24) is 5.32 Å². The number of hydrogen-bond acceptors (Lipinski definition) is 2. The van der Waals surface area contributed by atoms with E-state index in [2.05, 4.69) is 40.3 Å². The number of nitrogens with one attached hydrogen (secondary N) is 1. The number of hydrogen-bond donors (Lipinski definition) is 1. The van der Waals surface area contributed by atoms with Crippen molar-refractivity contribution in [3.05, 3.63) is 28.2 Å². The Kier molecular flexibility index (Phi) is 5.73. The monoisotopic (exact) mass is 271 g/mol. The first kappa shape index (κ1) is 12.5. The first-order chi connectivity index (χ1) is 7.27. The van der Waals surface area contributed by atoms with Crippen LogP contribution in [0.25, 0.3) is 0 Å². The van der Waals surface area contributed by atoms with Crippen molar-refractivity contribution in [2.45, 2.75) is 26.3 Å². The Bertz CT molecular complexity index is 302. The number of ether oxygens (including phenoxy) is 1. The minimum absolute atomic E-state index is 0.792. The van der Waals surface area contributed by atoms with Crippen molar-refractivity contribution in [3.63, 3.8) is 0 Å². The highest BCUT2D eigenvalue weighted by Gasteiger charge is 2.01. The summed E-state index contributed by atoms with van der Waals surface area (Å²) in [7, 11) is 1.94. The van der Waals surface area contributed by atoms with E-state index in [0.29, 0.717) is 0 Å². The van der Waals surface area contributed by atoms with Gasteiger partial charge in [-0.3, -0.25) is 0 Å². The maximum atomic E-state index is 5.64. The highest BCUT2D eigenvalue weighted by molar-refractivity contribution is 9.10. The standard InChI is InChI=1S/C12H18BrNO/c1-3-4-7-15-12-6-5-10(9-14-2)8-11(12)13/h5-6,8,14H,3-4,7,9H2,1-2H3. The molecule has 2 nitrogen and oxygen atoms in total. The Balaban J connectivity index is 2.58. The molecule has 1 aromatic carbocycles. The maximum absolute atomic E-state index is 5.64. The lowest BCUT2D eigenvalue weighted by molar-refractivity contribution is 0.307. The van der Waals surface area contributed by atoms with Crippen molar-refractivity contribution >= 4 is 15.9 Å². The summed E-state index contributed by atoms with van der Waals surface area (Å²) in [6.45, 7) is 3.84. The summed E-state index contributed by atoms with van der Waals surface area (Å²) in [5.41, 5.74) is 1.26. The van der Waals surface area contributed by atoms with E-state index in [-0.39, 0.29) is 0 Å². The number of unbranched alkanes of at least 4 members (excludes halogenated alkanes) is 1. The molecule has 0 radical (unpaired) electrons. The van der Waals surface area contributed by atoms with Crippen LogP contribution in [0.15, 0.2) is 22.7 Å². The van der Waals surface area contributed by atoms with Crippen molar-refractivity contribution in [2.75, 3.05) is 13.7 Å². The molecular formula is C12H18BrNO. The largest absolute Gasteiger partial charge is 0.492 e. The van der Waals surface area contributed by atoms with E-state index in [1.807, 2.05) is 13.1 Å². The first-order valence-electron chi connectivity index (χ1n) is 5.33. The van der Waals surface area contributed by atoms with Crippen molar-refractivity contribution in [2.24, 2.45) is 0 Å². The summed E-state index contributed by atoms with van der Waals surface area (Å²) < 4.78 is 6.68. The van der Waals surface area contributed by atoms with Gasteiger partial charge in [0.15, 0.2) is 0 Å². The van der Waals surface area contributed by atoms with Crippen LogP contribution in [-0.2, 0) is 6.54 Å². The van der Waals surface area contributed by atoms with E-state index >= 15 is 0 Å². The lowest BCUT2D eigenvalue weighted by Gasteiger charge is -2.09. The van der Waals surface area contributed by atoms with E-state index in [4.69, 9.17) is 4.74 Å². The second kappa shape index (κ2) is 6.85. The van der Waals surface area contributed by atoms with E-state index < -0.39 is 0 Å². The Morgan fingerprint density at radius 2 is 2.20 bits per heavy atom. The molecule has 3 heteroatoms. The summed E-state index contributed by atoms with van der Waals surface area (Å²) in [4.78, 5) is 0. The average molecular weight is 272 g/mol. The van der Waals surface area contributed by atoms with Crippen LogP contribution in [-0.4, -0.2) is 13.7 Å². The smallest absolute Gasteiger partial charge is 0.133 e. The molecule has 0 aliphatic carbocycles. The summed E-state index contributed by atoms with van der Waals surface area (Å²) in [6, 6.07) is 6.20. The van der Waals surface area contributed by atoms with Gasteiger partial charge in [0.25, 0.3) is 0 Å². The van der Waals surface area contributed by atoms with E-state index in [9.17, 15) is 0 Å². The Labute approximate surface area is 100 Å². The van der Waals surface area contributed by atoms with Crippen LogP contribution in [0, 0.1) is 0 Å². The maximum Gasteiger partial charge on any atom is 0.133 e. The number of benzene rings is 1. The van der Waals surface area contributed by atoms with Crippen molar-refractivity contribution in [1.29, 1.82) is 0 Å². The number of rotatable bonds is 6. The second-order valence-electron chi connectivity index (χ2n) is 3.50.